The van der Waals surface area contributed by atoms with Gasteiger partial charge in [0.1, 0.15) is 12.1 Å². The summed E-state index contributed by atoms with van der Waals surface area (Å²) < 4.78 is 0.960. The van der Waals surface area contributed by atoms with E-state index in [1.807, 2.05) is 0 Å². The minimum absolute atomic E-state index is 0.506. The smallest absolute Gasteiger partial charge is 0.146 e. The predicted molar refractivity (Wildman–Crippen MR) is 62.5 cm³/mol. The molecule has 0 spiro atoms. The van der Waals surface area contributed by atoms with Gasteiger partial charge < -0.3 is 4.90 Å². The molecule has 3 nitrogen and oxygen atoms in total. The van der Waals surface area contributed by atoms with Crippen LogP contribution in [-0.2, 0) is 0 Å². The number of rotatable bonds is 4. The first-order valence-corrected chi connectivity index (χ1v) is 5.72. The van der Waals surface area contributed by atoms with Gasteiger partial charge in [-0.05, 0) is 36.2 Å². The molecule has 0 saturated heterocycles. The molecule has 1 aromatic rings. The average Bonchev–Trinajstić information content (AvgIpc) is 2.21. The minimum atomic E-state index is 0.506. The van der Waals surface area contributed by atoms with E-state index in [0.29, 0.717) is 6.04 Å². The maximum atomic E-state index is 4.29. The lowest BCUT2D eigenvalue weighted by Crippen LogP contribution is -2.33. The molecular formula is C10H16BrN3. The largest absolute Gasteiger partial charge is 0.353 e. The highest BCUT2D eigenvalue weighted by atomic mass is 79.9. The number of hydrogen-bond donors (Lipinski definition) is 0. The van der Waals surface area contributed by atoms with Gasteiger partial charge in [0.15, 0.2) is 0 Å². The zero-order valence-corrected chi connectivity index (χ0v) is 10.5. The highest BCUT2D eigenvalue weighted by Gasteiger charge is 2.14. The third kappa shape index (κ3) is 2.44. The van der Waals surface area contributed by atoms with Gasteiger partial charge in [0.2, 0.25) is 0 Å². The molecule has 1 aromatic heterocycles. The van der Waals surface area contributed by atoms with Gasteiger partial charge in [-0.15, -0.1) is 0 Å². The van der Waals surface area contributed by atoms with Gasteiger partial charge in [-0.3, -0.25) is 0 Å². The van der Waals surface area contributed by atoms with Gasteiger partial charge in [0.05, 0.1) is 4.47 Å². The van der Waals surface area contributed by atoms with E-state index in [1.165, 1.54) is 0 Å². The number of hydrogen-bond acceptors (Lipinski definition) is 3. The van der Waals surface area contributed by atoms with E-state index in [4.69, 9.17) is 0 Å². The average molecular weight is 258 g/mol. The third-order valence-corrected chi connectivity index (χ3v) is 2.94. The Morgan fingerprint density at radius 2 is 2.21 bits per heavy atom. The van der Waals surface area contributed by atoms with Crippen molar-refractivity contribution < 1.29 is 0 Å². The van der Waals surface area contributed by atoms with Crippen LogP contribution in [0.2, 0.25) is 0 Å². The molecule has 0 aliphatic heterocycles. The second-order valence-corrected chi connectivity index (χ2v) is 4.09. The van der Waals surface area contributed by atoms with Crippen molar-refractivity contribution in [1.29, 1.82) is 0 Å². The highest BCUT2D eigenvalue weighted by molar-refractivity contribution is 9.10. The molecular weight excluding hydrogens is 242 g/mol. The van der Waals surface area contributed by atoms with Crippen molar-refractivity contribution in [2.75, 3.05) is 11.4 Å². The number of halogens is 1. The summed E-state index contributed by atoms with van der Waals surface area (Å²) in [6, 6.07) is 0.506. The summed E-state index contributed by atoms with van der Waals surface area (Å²) in [4.78, 5) is 10.5. The van der Waals surface area contributed by atoms with E-state index in [0.717, 1.165) is 23.3 Å². The van der Waals surface area contributed by atoms with Crippen molar-refractivity contribution in [1.82, 2.24) is 9.97 Å². The van der Waals surface area contributed by atoms with Crippen molar-refractivity contribution in [3.8, 4) is 0 Å². The Balaban J connectivity index is 2.94. The first kappa shape index (κ1) is 11.4. The molecule has 1 rings (SSSR count). The maximum absolute atomic E-state index is 4.29. The van der Waals surface area contributed by atoms with Crippen molar-refractivity contribution >= 4 is 21.7 Å². The fourth-order valence-corrected chi connectivity index (χ4v) is 1.86. The summed E-state index contributed by atoms with van der Waals surface area (Å²) in [5, 5.41) is 0. The van der Waals surface area contributed by atoms with Crippen LogP contribution in [0, 0.1) is 0 Å². The Labute approximate surface area is 93.7 Å². The second kappa shape index (κ2) is 5.29. The van der Waals surface area contributed by atoms with Crippen molar-refractivity contribution in [2.45, 2.75) is 33.2 Å². The van der Waals surface area contributed by atoms with Gasteiger partial charge in [0.25, 0.3) is 0 Å². The minimum Gasteiger partial charge on any atom is -0.353 e. The topological polar surface area (TPSA) is 29.0 Å². The molecule has 0 aliphatic carbocycles. The molecule has 1 unspecified atom stereocenters. The van der Waals surface area contributed by atoms with E-state index in [1.54, 1.807) is 12.5 Å². The lowest BCUT2D eigenvalue weighted by atomic mass is 10.2. The molecule has 14 heavy (non-hydrogen) atoms. The summed E-state index contributed by atoms with van der Waals surface area (Å²) in [7, 11) is 0. The molecule has 78 valence electrons. The quantitative estimate of drug-likeness (QED) is 0.831. The standard InChI is InChI=1S/C10H16BrN3/c1-4-8(3)14(5-2)10-9(11)6-12-7-13-10/h6-8H,4-5H2,1-3H3. The lowest BCUT2D eigenvalue weighted by Gasteiger charge is -2.28. The molecule has 0 bridgehead atoms. The third-order valence-electron chi connectivity index (χ3n) is 2.38. The Kier molecular flexibility index (Phi) is 4.32. The van der Waals surface area contributed by atoms with Gasteiger partial charge in [-0.1, -0.05) is 6.92 Å². The Bertz CT molecular complexity index is 290. The van der Waals surface area contributed by atoms with E-state index in [-0.39, 0.29) is 0 Å². The van der Waals surface area contributed by atoms with Crippen LogP contribution in [0.4, 0.5) is 5.82 Å². The summed E-state index contributed by atoms with van der Waals surface area (Å²) in [5.41, 5.74) is 0. The van der Waals surface area contributed by atoms with Crippen LogP contribution in [0.3, 0.4) is 0 Å². The molecule has 0 aliphatic rings. The van der Waals surface area contributed by atoms with E-state index in [2.05, 4.69) is 51.6 Å². The number of aromatic nitrogens is 2. The van der Waals surface area contributed by atoms with Crippen LogP contribution in [0.15, 0.2) is 17.0 Å². The fraction of sp³-hybridized carbons (Fsp3) is 0.600. The second-order valence-electron chi connectivity index (χ2n) is 3.24. The number of anilines is 1. The predicted octanol–water partition coefficient (Wildman–Crippen LogP) is 2.86. The van der Waals surface area contributed by atoms with Crippen LogP contribution in [0.5, 0.6) is 0 Å². The Morgan fingerprint density at radius 1 is 1.50 bits per heavy atom. The fourth-order valence-electron chi connectivity index (χ4n) is 1.41. The Hall–Kier alpha value is -0.640. The van der Waals surface area contributed by atoms with Crippen LogP contribution in [-0.4, -0.2) is 22.6 Å². The van der Waals surface area contributed by atoms with Gasteiger partial charge in [-0.2, -0.15) is 0 Å². The summed E-state index contributed by atoms with van der Waals surface area (Å²) >= 11 is 3.47. The Morgan fingerprint density at radius 3 is 2.71 bits per heavy atom. The summed E-state index contributed by atoms with van der Waals surface area (Å²) in [5.74, 6) is 0.983. The maximum Gasteiger partial charge on any atom is 0.146 e. The first-order chi connectivity index (χ1) is 6.70. The zero-order valence-electron chi connectivity index (χ0n) is 8.87. The molecule has 0 amide bonds. The highest BCUT2D eigenvalue weighted by Crippen LogP contribution is 2.24. The molecule has 1 atom stereocenters. The zero-order chi connectivity index (χ0) is 10.6. The molecule has 0 N–H and O–H groups in total. The van der Waals surface area contributed by atoms with Crippen molar-refractivity contribution in [3.05, 3.63) is 17.0 Å². The normalized spacial score (nSPS) is 12.6. The van der Waals surface area contributed by atoms with Crippen LogP contribution >= 0.6 is 15.9 Å². The van der Waals surface area contributed by atoms with Gasteiger partial charge in [-0.25, -0.2) is 9.97 Å². The molecule has 0 fully saturated rings. The first-order valence-electron chi connectivity index (χ1n) is 4.92. The summed E-state index contributed by atoms with van der Waals surface area (Å²) in [6.45, 7) is 7.49. The van der Waals surface area contributed by atoms with E-state index < -0.39 is 0 Å². The summed E-state index contributed by atoms with van der Waals surface area (Å²) in [6.07, 6.45) is 4.49. The van der Waals surface area contributed by atoms with E-state index >= 15 is 0 Å². The number of nitrogens with zero attached hydrogens (tertiary/aromatic N) is 3. The van der Waals surface area contributed by atoms with Crippen molar-refractivity contribution in [3.63, 3.8) is 0 Å². The SMILES string of the molecule is CCC(C)N(CC)c1ncncc1Br. The molecule has 1 heterocycles. The lowest BCUT2D eigenvalue weighted by molar-refractivity contribution is 0.621. The van der Waals surface area contributed by atoms with E-state index in [9.17, 15) is 0 Å². The van der Waals surface area contributed by atoms with Gasteiger partial charge >= 0.3 is 0 Å². The van der Waals surface area contributed by atoms with Crippen LogP contribution in [0.25, 0.3) is 0 Å². The monoisotopic (exact) mass is 257 g/mol. The van der Waals surface area contributed by atoms with Crippen LogP contribution in [0.1, 0.15) is 27.2 Å². The molecule has 0 saturated carbocycles. The van der Waals surface area contributed by atoms with Gasteiger partial charge in [0, 0.05) is 18.8 Å². The molecule has 4 heteroatoms. The van der Waals surface area contributed by atoms with Crippen LogP contribution < -0.4 is 4.90 Å². The molecule has 0 radical (unpaired) electrons. The van der Waals surface area contributed by atoms with Crippen molar-refractivity contribution in [2.24, 2.45) is 0 Å². The molecule has 0 aromatic carbocycles.